The molecule has 0 aromatic carbocycles. The molecule has 0 heterocycles. The maximum Gasteiger partial charge on any atom is 0.328 e. The monoisotopic (exact) mass is 279 g/mol. The van der Waals surface area contributed by atoms with E-state index < -0.39 is 18.0 Å². The fourth-order valence-corrected chi connectivity index (χ4v) is 0.683. The fraction of sp³-hybridized carbons (Fsp3) is 0.500. The summed E-state index contributed by atoms with van der Waals surface area (Å²) in [6, 6.07) is -1.18. The van der Waals surface area contributed by atoms with Crippen molar-refractivity contribution in [3.05, 3.63) is 0 Å². The molecule has 10 heteroatoms. The average Bonchev–Trinajstić information content (AvgIpc) is 2.23. The predicted molar refractivity (Wildman–Crippen MR) is 69.5 cm³/mol. The number of aliphatic carboxylic acids is 2. The lowest BCUT2D eigenvalue weighted by molar-refractivity contribution is -0.139. The Kier molecular flexibility index (Phi) is 10.4. The minimum Gasteiger partial charge on any atom is -0.481 e. The average molecular weight is 279 g/mol. The van der Waals surface area contributed by atoms with Gasteiger partial charge in [0.05, 0.1) is 0 Å². The molecular formula is C8H17N5O4S. The Morgan fingerprint density at radius 3 is 2.00 bits per heavy atom. The number of nitrogens with one attached hydrogen (secondary N) is 1. The standard InChI is InChI=1S/C6H11N3O4.C2H6N2S/c7-6(8)9-3(5(12)13)1-2-4(10)11;1-5-2(3)4/h3H,1-2H2,(H,10,11)(H,12,13)(H4,7,8,9);1H3,(H3,3,4). The number of carboxylic acids is 2. The highest BCUT2D eigenvalue weighted by atomic mass is 32.2. The first kappa shape index (κ1) is 18.4. The molecule has 0 spiro atoms. The van der Waals surface area contributed by atoms with Gasteiger partial charge in [-0.05, 0) is 12.7 Å². The summed E-state index contributed by atoms with van der Waals surface area (Å²) in [7, 11) is 0. The first-order valence-corrected chi connectivity index (χ1v) is 5.84. The second kappa shape index (κ2) is 10.2. The maximum atomic E-state index is 10.4. The first-order chi connectivity index (χ1) is 8.20. The number of hydrogen-bond donors (Lipinski definition) is 6. The van der Waals surface area contributed by atoms with Crippen molar-refractivity contribution in [2.45, 2.75) is 18.9 Å². The SMILES string of the molecule is CSC(=N)N.NC(N)=NC(CCC(=O)O)C(=O)O. The van der Waals surface area contributed by atoms with Gasteiger partial charge in [0, 0.05) is 6.42 Å². The number of thioether (sulfide) groups is 1. The molecule has 1 unspecified atom stereocenters. The Morgan fingerprint density at radius 1 is 1.33 bits per heavy atom. The topological polar surface area (TPSA) is 189 Å². The number of hydrogen-bond acceptors (Lipinski definition) is 5. The number of nitrogens with zero attached hydrogens (tertiary/aromatic N) is 1. The largest absolute Gasteiger partial charge is 0.481 e. The number of nitrogens with two attached hydrogens (primary N) is 3. The van der Waals surface area contributed by atoms with Crippen molar-refractivity contribution in [1.82, 2.24) is 0 Å². The normalized spacial score (nSPS) is 10.5. The Balaban J connectivity index is 0. The van der Waals surface area contributed by atoms with Crippen molar-refractivity contribution >= 4 is 34.8 Å². The van der Waals surface area contributed by atoms with Crippen LogP contribution in [-0.2, 0) is 9.59 Å². The summed E-state index contributed by atoms with van der Waals surface area (Å²) in [5.41, 5.74) is 14.7. The third-order valence-electron chi connectivity index (χ3n) is 1.44. The molecule has 9 nitrogen and oxygen atoms in total. The van der Waals surface area contributed by atoms with Crippen molar-refractivity contribution in [2.24, 2.45) is 22.2 Å². The Hall–Kier alpha value is -1.97. The van der Waals surface area contributed by atoms with E-state index in [0.717, 1.165) is 0 Å². The van der Waals surface area contributed by atoms with E-state index in [1.807, 2.05) is 0 Å². The zero-order valence-corrected chi connectivity index (χ0v) is 10.6. The maximum absolute atomic E-state index is 10.4. The molecule has 0 aromatic heterocycles. The molecule has 0 bridgehead atoms. The van der Waals surface area contributed by atoms with Crippen LogP contribution < -0.4 is 17.2 Å². The molecule has 0 radical (unpaired) electrons. The van der Waals surface area contributed by atoms with Gasteiger partial charge in [-0.1, -0.05) is 11.8 Å². The summed E-state index contributed by atoms with van der Waals surface area (Å²) < 4.78 is 0. The molecule has 0 aromatic rings. The van der Waals surface area contributed by atoms with E-state index >= 15 is 0 Å². The predicted octanol–water partition coefficient (Wildman–Crippen LogP) is -1.18. The molecule has 0 amide bonds. The van der Waals surface area contributed by atoms with Crippen molar-refractivity contribution in [2.75, 3.05) is 6.26 Å². The lowest BCUT2D eigenvalue weighted by Crippen LogP contribution is -2.29. The number of aliphatic imine (C=N–C) groups is 1. The van der Waals surface area contributed by atoms with Crippen LogP contribution in [0.1, 0.15) is 12.8 Å². The molecule has 0 fully saturated rings. The number of rotatable bonds is 5. The van der Waals surface area contributed by atoms with E-state index in [4.69, 9.17) is 32.8 Å². The number of carbonyl (C=O) groups is 2. The molecule has 0 rings (SSSR count). The highest BCUT2D eigenvalue weighted by Crippen LogP contribution is 2.02. The van der Waals surface area contributed by atoms with Crippen LogP contribution in [0.15, 0.2) is 4.99 Å². The lowest BCUT2D eigenvalue weighted by Gasteiger charge is -2.04. The van der Waals surface area contributed by atoms with Gasteiger partial charge in [0.1, 0.15) is 0 Å². The highest BCUT2D eigenvalue weighted by Gasteiger charge is 2.17. The summed E-state index contributed by atoms with van der Waals surface area (Å²) in [6.07, 6.45) is 1.36. The van der Waals surface area contributed by atoms with Crippen LogP contribution in [0.3, 0.4) is 0 Å². The Morgan fingerprint density at radius 2 is 1.78 bits per heavy atom. The third-order valence-corrected chi connectivity index (χ3v) is 1.88. The first-order valence-electron chi connectivity index (χ1n) is 4.62. The quantitative estimate of drug-likeness (QED) is 0.267. The van der Waals surface area contributed by atoms with Crippen molar-refractivity contribution in [3.8, 4) is 0 Å². The van der Waals surface area contributed by atoms with Gasteiger partial charge in [0.15, 0.2) is 17.2 Å². The smallest absolute Gasteiger partial charge is 0.328 e. The molecule has 9 N–H and O–H groups in total. The third kappa shape index (κ3) is 14.0. The minimum absolute atomic E-state index is 0.122. The van der Waals surface area contributed by atoms with Crippen LogP contribution in [-0.4, -0.2) is 45.6 Å². The van der Waals surface area contributed by atoms with Crippen LogP contribution >= 0.6 is 11.8 Å². The van der Waals surface area contributed by atoms with E-state index in [1.165, 1.54) is 11.8 Å². The molecule has 0 aliphatic rings. The Bertz CT molecular complexity index is 329. The van der Waals surface area contributed by atoms with Gasteiger partial charge < -0.3 is 27.4 Å². The highest BCUT2D eigenvalue weighted by molar-refractivity contribution is 8.13. The van der Waals surface area contributed by atoms with E-state index in [2.05, 4.69) is 4.99 Å². The van der Waals surface area contributed by atoms with Gasteiger partial charge in [0.2, 0.25) is 0 Å². The molecular weight excluding hydrogens is 262 g/mol. The molecule has 18 heavy (non-hydrogen) atoms. The van der Waals surface area contributed by atoms with Crippen molar-refractivity contribution in [1.29, 1.82) is 5.41 Å². The van der Waals surface area contributed by atoms with E-state index in [1.54, 1.807) is 6.26 Å². The molecule has 104 valence electrons. The number of guanidine groups is 1. The van der Waals surface area contributed by atoms with Gasteiger partial charge in [-0.3, -0.25) is 10.2 Å². The summed E-state index contributed by atoms with van der Waals surface area (Å²) in [5.74, 6) is -2.69. The van der Waals surface area contributed by atoms with Crippen LogP contribution in [0.2, 0.25) is 0 Å². The molecule has 1 atom stereocenters. The number of amidine groups is 1. The fourth-order valence-electron chi connectivity index (χ4n) is 0.683. The molecule has 0 saturated carbocycles. The van der Waals surface area contributed by atoms with E-state index in [9.17, 15) is 9.59 Å². The van der Waals surface area contributed by atoms with Gasteiger partial charge in [0.25, 0.3) is 0 Å². The second-order valence-electron chi connectivity index (χ2n) is 2.91. The summed E-state index contributed by atoms with van der Waals surface area (Å²) >= 11 is 1.24. The summed E-state index contributed by atoms with van der Waals surface area (Å²) in [5, 5.41) is 23.5. The van der Waals surface area contributed by atoms with Crippen LogP contribution in [0, 0.1) is 5.41 Å². The lowest BCUT2D eigenvalue weighted by atomic mass is 10.2. The summed E-state index contributed by atoms with van der Waals surface area (Å²) in [6.45, 7) is 0. The van der Waals surface area contributed by atoms with Crippen LogP contribution in [0.5, 0.6) is 0 Å². The van der Waals surface area contributed by atoms with Crippen molar-refractivity contribution < 1.29 is 19.8 Å². The van der Waals surface area contributed by atoms with Gasteiger partial charge >= 0.3 is 11.9 Å². The zero-order valence-electron chi connectivity index (χ0n) is 9.79. The van der Waals surface area contributed by atoms with Crippen molar-refractivity contribution in [3.63, 3.8) is 0 Å². The van der Waals surface area contributed by atoms with Crippen LogP contribution in [0.25, 0.3) is 0 Å². The Labute approximate surface area is 108 Å². The second-order valence-corrected chi connectivity index (χ2v) is 3.76. The van der Waals surface area contributed by atoms with Gasteiger partial charge in [-0.2, -0.15) is 0 Å². The molecule has 0 aliphatic carbocycles. The van der Waals surface area contributed by atoms with Gasteiger partial charge in [-0.15, -0.1) is 0 Å². The minimum atomic E-state index is -1.24. The number of carboxylic acid groups (broad SMARTS) is 2. The zero-order chi connectivity index (χ0) is 14.7. The summed E-state index contributed by atoms with van der Waals surface area (Å²) in [4.78, 5) is 23.9. The van der Waals surface area contributed by atoms with Crippen LogP contribution in [0.4, 0.5) is 0 Å². The van der Waals surface area contributed by atoms with E-state index in [0.29, 0.717) is 0 Å². The molecule has 0 saturated heterocycles. The molecule has 0 aliphatic heterocycles. The van der Waals surface area contributed by atoms with Gasteiger partial charge in [-0.25, -0.2) is 9.79 Å². The van der Waals surface area contributed by atoms with E-state index in [-0.39, 0.29) is 24.0 Å².